The van der Waals surface area contributed by atoms with Gasteiger partial charge in [-0.1, -0.05) is 23.7 Å². The molecule has 1 amide bonds. The first-order valence-corrected chi connectivity index (χ1v) is 9.54. The lowest BCUT2D eigenvalue weighted by Crippen LogP contribution is -2.44. The molecule has 1 aromatic carbocycles. The Morgan fingerprint density at radius 2 is 2.19 bits per heavy atom. The van der Waals surface area contributed by atoms with Crippen molar-refractivity contribution in [2.45, 2.75) is 45.7 Å². The first kappa shape index (κ1) is 18.9. The Morgan fingerprint density at radius 3 is 2.92 bits per heavy atom. The summed E-state index contributed by atoms with van der Waals surface area (Å²) in [7, 11) is 0. The van der Waals surface area contributed by atoms with E-state index in [0.29, 0.717) is 23.3 Å². The molecule has 2 atom stereocenters. The van der Waals surface area contributed by atoms with Gasteiger partial charge >= 0.3 is 0 Å². The van der Waals surface area contributed by atoms with Crippen molar-refractivity contribution in [3.8, 4) is 11.4 Å². The van der Waals surface area contributed by atoms with E-state index in [-0.39, 0.29) is 17.9 Å². The van der Waals surface area contributed by atoms with Crippen LogP contribution in [0.5, 0.6) is 0 Å². The van der Waals surface area contributed by atoms with Gasteiger partial charge in [0.05, 0.1) is 12.5 Å². The molecular weight excluding hydrogens is 352 g/mol. The zero-order valence-corrected chi connectivity index (χ0v) is 16.0. The van der Waals surface area contributed by atoms with E-state index in [4.69, 9.17) is 16.1 Å². The van der Waals surface area contributed by atoms with E-state index < -0.39 is 0 Å². The van der Waals surface area contributed by atoms with Crippen LogP contribution in [0, 0.1) is 5.92 Å². The van der Waals surface area contributed by atoms with Gasteiger partial charge in [-0.15, -0.1) is 0 Å². The van der Waals surface area contributed by atoms with Crippen LogP contribution in [0.25, 0.3) is 11.4 Å². The van der Waals surface area contributed by atoms with Crippen LogP contribution in [0.1, 0.15) is 39.0 Å². The summed E-state index contributed by atoms with van der Waals surface area (Å²) in [5.74, 6) is 1.30. The minimum absolute atomic E-state index is 0.0245. The van der Waals surface area contributed by atoms with E-state index >= 15 is 0 Å². The second-order valence-corrected chi connectivity index (χ2v) is 7.35. The average molecular weight is 377 g/mol. The molecule has 0 radical (unpaired) electrons. The Hall–Kier alpha value is -1.92. The van der Waals surface area contributed by atoms with Crippen LogP contribution in [-0.4, -0.2) is 40.1 Å². The average Bonchev–Trinajstić information content (AvgIpc) is 3.10. The highest BCUT2D eigenvalue weighted by molar-refractivity contribution is 6.30. The fourth-order valence-corrected chi connectivity index (χ4v) is 3.23. The van der Waals surface area contributed by atoms with Gasteiger partial charge in [0.15, 0.2) is 0 Å². The highest BCUT2D eigenvalue weighted by atomic mass is 35.5. The molecule has 0 saturated carbocycles. The number of hydrogen-bond donors (Lipinski definition) is 1. The first-order valence-electron chi connectivity index (χ1n) is 9.16. The molecule has 1 aliphatic rings. The van der Waals surface area contributed by atoms with Crippen molar-refractivity contribution in [2.75, 3.05) is 13.1 Å². The smallest absolute Gasteiger partial charge is 0.241 e. The summed E-state index contributed by atoms with van der Waals surface area (Å²) in [5.41, 5.74) is 0.869. The minimum Gasteiger partial charge on any atom is -0.353 e. The van der Waals surface area contributed by atoms with Gasteiger partial charge in [-0.05, 0) is 57.0 Å². The number of rotatable bonds is 6. The number of piperidine rings is 1. The molecule has 2 unspecified atom stereocenters. The van der Waals surface area contributed by atoms with Crippen LogP contribution in [0.15, 0.2) is 28.8 Å². The fourth-order valence-electron chi connectivity index (χ4n) is 3.10. The van der Waals surface area contributed by atoms with E-state index in [9.17, 15) is 4.79 Å². The van der Waals surface area contributed by atoms with E-state index in [1.165, 1.54) is 0 Å². The van der Waals surface area contributed by atoms with E-state index in [1.807, 2.05) is 19.1 Å². The van der Waals surface area contributed by atoms with Crippen molar-refractivity contribution in [1.82, 2.24) is 20.4 Å². The van der Waals surface area contributed by atoms with Crippen molar-refractivity contribution in [2.24, 2.45) is 5.92 Å². The van der Waals surface area contributed by atoms with Gasteiger partial charge in [0.2, 0.25) is 17.6 Å². The lowest BCUT2D eigenvalue weighted by Gasteiger charge is -2.31. The van der Waals surface area contributed by atoms with Crippen LogP contribution in [0.3, 0.4) is 0 Å². The minimum atomic E-state index is 0.0245. The third-order valence-electron chi connectivity index (χ3n) is 4.81. The topological polar surface area (TPSA) is 71.3 Å². The number of carbonyl (C=O) groups excluding carboxylic acids is 1. The molecule has 2 heterocycles. The van der Waals surface area contributed by atoms with Crippen molar-refractivity contribution in [1.29, 1.82) is 0 Å². The van der Waals surface area contributed by atoms with Gasteiger partial charge in [0, 0.05) is 23.2 Å². The number of aromatic nitrogens is 2. The van der Waals surface area contributed by atoms with E-state index in [1.54, 1.807) is 12.1 Å². The van der Waals surface area contributed by atoms with E-state index in [2.05, 4.69) is 27.3 Å². The first-order chi connectivity index (χ1) is 12.5. The monoisotopic (exact) mass is 376 g/mol. The number of nitrogens with one attached hydrogen (secondary N) is 1. The van der Waals surface area contributed by atoms with Gasteiger partial charge in [0.25, 0.3) is 0 Å². The van der Waals surface area contributed by atoms with Crippen molar-refractivity contribution in [3.63, 3.8) is 0 Å². The number of likely N-dealkylation sites (tertiary alicyclic amines) is 1. The standard InChI is InChI=1S/C19H25ClN4O2/c1-3-13(2)21-19(25)15-5-4-10-24(11-15)12-17-22-18(23-26-17)14-6-8-16(20)9-7-14/h6-9,13,15H,3-5,10-12H2,1-2H3,(H,21,25). The molecule has 26 heavy (non-hydrogen) atoms. The summed E-state index contributed by atoms with van der Waals surface area (Å²) in [6.07, 6.45) is 2.87. The molecule has 7 heteroatoms. The molecule has 0 bridgehead atoms. The number of amides is 1. The largest absolute Gasteiger partial charge is 0.353 e. The van der Waals surface area contributed by atoms with Crippen LogP contribution in [0.4, 0.5) is 0 Å². The number of carbonyl (C=O) groups is 1. The number of hydrogen-bond acceptors (Lipinski definition) is 5. The molecule has 1 aliphatic heterocycles. The molecule has 2 aromatic rings. The number of nitrogens with zero attached hydrogens (tertiary/aromatic N) is 3. The lowest BCUT2D eigenvalue weighted by molar-refractivity contribution is -0.127. The Labute approximate surface area is 158 Å². The Bertz CT molecular complexity index is 731. The molecule has 1 saturated heterocycles. The number of benzene rings is 1. The number of halogens is 1. The summed E-state index contributed by atoms with van der Waals surface area (Å²) < 4.78 is 5.39. The summed E-state index contributed by atoms with van der Waals surface area (Å²) in [5, 5.41) is 7.81. The molecule has 0 spiro atoms. The summed E-state index contributed by atoms with van der Waals surface area (Å²) in [6.45, 7) is 6.33. The maximum absolute atomic E-state index is 12.4. The molecule has 1 fully saturated rings. The zero-order valence-electron chi connectivity index (χ0n) is 15.2. The van der Waals surface area contributed by atoms with Gasteiger partial charge in [-0.2, -0.15) is 4.98 Å². The van der Waals surface area contributed by atoms with Gasteiger partial charge in [-0.25, -0.2) is 0 Å². The maximum Gasteiger partial charge on any atom is 0.241 e. The SMILES string of the molecule is CCC(C)NC(=O)C1CCCN(Cc2nc(-c3ccc(Cl)cc3)no2)C1. The van der Waals surface area contributed by atoms with Crippen LogP contribution in [0.2, 0.25) is 5.02 Å². The van der Waals surface area contributed by atoms with Crippen molar-refractivity contribution >= 4 is 17.5 Å². The van der Waals surface area contributed by atoms with Gasteiger partial charge in [0.1, 0.15) is 0 Å². The fraction of sp³-hybridized carbons (Fsp3) is 0.526. The predicted octanol–water partition coefficient (Wildman–Crippen LogP) is 3.52. The van der Waals surface area contributed by atoms with Crippen molar-refractivity contribution in [3.05, 3.63) is 35.2 Å². The molecule has 140 valence electrons. The summed E-state index contributed by atoms with van der Waals surface area (Å²) in [4.78, 5) is 19.1. The maximum atomic E-state index is 12.4. The summed E-state index contributed by atoms with van der Waals surface area (Å²) in [6, 6.07) is 7.56. The highest BCUT2D eigenvalue weighted by Gasteiger charge is 2.27. The lowest BCUT2D eigenvalue weighted by atomic mass is 9.96. The second kappa shape index (κ2) is 8.64. The molecule has 0 aliphatic carbocycles. The second-order valence-electron chi connectivity index (χ2n) is 6.91. The molecule has 6 nitrogen and oxygen atoms in total. The highest BCUT2D eigenvalue weighted by Crippen LogP contribution is 2.21. The van der Waals surface area contributed by atoms with Crippen LogP contribution < -0.4 is 5.32 Å². The molecular formula is C19H25ClN4O2. The molecule has 1 aromatic heterocycles. The normalized spacial score (nSPS) is 19.3. The third-order valence-corrected chi connectivity index (χ3v) is 5.06. The van der Waals surface area contributed by atoms with Crippen molar-refractivity contribution < 1.29 is 9.32 Å². The summed E-state index contributed by atoms with van der Waals surface area (Å²) >= 11 is 5.91. The van der Waals surface area contributed by atoms with Gasteiger partial charge in [-0.3, -0.25) is 9.69 Å². The zero-order chi connectivity index (χ0) is 18.5. The molecule has 1 N–H and O–H groups in total. The Morgan fingerprint density at radius 1 is 1.42 bits per heavy atom. The van der Waals surface area contributed by atoms with Crippen LogP contribution >= 0.6 is 11.6 Å². The predicted molar refractivity (Wildman–Crippen MR) is 101 cm³/mol. The van der Waals surface area contributed by atoms with Crippen LogP contribution in [-0.2, 0) is 11.3 Å². The Balaban J connectivity index is 1.58. The third kappa shape index (κ3) is 4.83. The van der Waals surface area contributed by atoms with Gasteiger partial charge < -0.3 is 9.84 Å². The molecule has 3 rings (SSSR count). The Kier molecular flexibility index (Phi) is 6.27. The van der Waals surface area contributed by atoms with E-state index in [0.717, 1.165) is 37.9 Å². The quantitative estimate of drug-likeness (QED) is 0.835.